The minimum atomic E-state index is -0.807. The summed E-state index contributed by atoms with van der Waals surface area (Å²) in [5.74, 6) is -0.953. The van der Waals surface area contributed by atoms with E-state index in [1.807, 2.05) is 0 Å². The number of ether oxygens (including phenoxy) is 3. The van der Waals surface area contributed by atoms with Crippen LogP contribution in [0.1, 0.15) is 278 Å². The van der Waals surface area contributed by atoms with Crippen molar-refractivity contribution in [2.24, 2.45) is 0 Å². The number of allylic oxidation sites excluding steroid dienone is 24. The number of unbranched alkanes of at least 4 members (excludes halogenated alkanes) is 22. The lowest BCUT2D eigenvalue weighted by molar-refractivity contribution is -0.167. The summed E-state index contributed by atoms with van der Waals surface area (Å²) in [6.07, 6.45) is 94.3. The highest BCUT2D eigenvalue weighted by atomic mass is 16.6. The Kier molecular flexibility index (Phi) is 61.9. The van der Waals surface area contributed by atoms with Crippen LogP contribution in [0, 0.1) is 0 Å². The highest BCUT2D eigenvalue weighted by molar-refractivity contribution is 5.71. The van der Waals surface area contributed by atoms with Crippen LogP contribution in [0.3, 0.4) is 0 Å². The Morgan fingerprint density at radius 1 is 0.253 bits per heavy atom. The average Bonchev–Trinajstić information content (AvgIpc) is 3.45. The summed E-state index contributed by atoms with van der Waals surface area (Å²) in [6, 6.07) is 0. The van der Waals surface area contributed by atoms with Gasteiger partial charge in [0.05, 0.1) is 0 Å². The summed E-state index contributed by atoms with van der Waals surface area (Å²) in [7, 11) is 0. The Bertz CT molecular complexity index is 1730. The van der Waals surface area contributed by atoms with Crippen molar-refractivity contribution < 1.29 is 28.6 Å². The maximum absolute atomic E-state index is 12.9. The van der Waals surface area contributed by atoms with E-state index >= 15 is 0 Å². The molecule has 0 aliphatic heterocycles. The molecule has 0 rings (SSSR count). The fourth-order valence-corrected chi connectivity index (χ4v) is 8.59. The second-order valence-corrected chi connectivity index (χ2v) is 20.9. The topological polar surface area (TPSA) is 78.9 Å². The molecule has 0 N–H and O–H groups in total. The number of esters is 3. The molecule has 0 spiro atoms. The lowest BCUT2D eigenvalue weighted by atomic mass is 10.0. The van der Waals surface area contributed by atoms with Gasteiger partial charge in [-0.25, -0.2) is 0 Å². The van der Waals surface area contributed by atoms with Crippen molar-refractivity contribution >= 4 is 17.9 Å². The van der Waals surface area contributed by atoms with Gasteiger partial charge in [-0.15, -0.1) is 0 Å². The zero-order valence-corrected chi connectivity index (χ0v) is 51.1. The van der Waals surface area contributed by atoms with Crippen LogP contribution in [0.15, 0.2) is 146 Å². The molecule has 0 aliphatic rings. The minimum absolute atomic E-state index is 0.0999. The van der Waals surface area contributed by atoms with E-state index < -0.39 is 6.10 Å². The number of hydrogen-bond donors (Lipinski definition) is 0. The first-order valence-corrected chi connectivity index (χ1v) is 32.3. The van der Waals surface area contributed by atoms with Gasteiger partial charge in [0.2, 0.25) is 0 Å². The van der Waals surface area contributed by atoms with Crippen LogP contribution in [0.4, 0.5) is 0 Å². The lowest BCUT2D eigenvalue weighted by Crippen LogP contribution is -2.30. The van der Waals surface area contributed by atoms with Crippen LogP contribution in [0.25, 0.3) is 0 Å². The molecule has 1 atom stereocenters. The van der Waals surface area contributed by atoms with Crippen molar-refractivity contribution in [2.75, 3.05) is 13.2 Å². The summed E-state index contributed by atoms with van der Waals surface area (Å²) < 4.78 is 16.9. The largest absolute Gasteiger partial charge is 0.462 e. The van der Waals surface area contributed by atoms with Gasteiger partial charge in [0.25, 0.3) is 0 Å². The molecule has 0 aliphatic carbocycles. The Hall–Kier alpha value is -4.71. The molecule has 0 radical (unpaired) electrons. The maximum atomic E-state index is 12.9. The van der Waals surface area contributed by atoms with Gasteiger partial charge in [-0.1, -0.05) is 269 Å². The highest BCUT2D eigenvalue weighted by Gasteiger charge is 2.19. The SMILES string of the molecule is CC/C=C\C/C=C\C/C=C\C/C=C\C/C=C\CCCCCCCCCCCCCCCC(=O)OCC(COC(=O)CCCC/C=C\C/C=C\C/C=C\C/C=C\CC)OC(=O)CCCCCCCCC/C=C\C/C=C\C/C=C\CC. The maximum Gasteiger partial charge on any atom is 0.306 e. The minimum Gasteiger partial charge on any atom is -0.462 e. The first kappa shape index (κ1) is 74.3. The second kappa shape index (κ2) is 65.8. The molecule has 0 fully saturated rings. The average molecular weight is 1090 g/mol. The van der Waals surface area contributed by atoms with Gasteiger partial charge in [0, 0.05) is 19.3 Å². The van der Waals surface area contributed by atoms with Gasteiger partial charge in [0.1, 0.15) is 13.2 Å². The molecule has 0 aromatic rings. The van der Waals surface area contributed by atoms with Gasteiger partial charge in [-0.05, 0) is 135 Å². The number of hydrogen-bond acceptors (Lipinski definition) is 6. The quantitative estimate of drug-likeness (QED) is 0.0261. The molecule has 0 amide bonds. The standard InChI is InChI=1S/C73H118O6/c1-4-7-10-13-16-19-22-25-28-30-31-32-33-34-35-36-37-38-39-40-41-43-45-48-51-54-57-60-63-66-72(75)78-69-70(68-77-71(74)65-62-59-56-53-50-47-44-27-24-21-18-15-12-9-6-3)79-73(76)67-64-61-58-55-52-49-46-42-29-26-23-20-17-14-11-8-5-2/h7-12,16-21,25-29,31-32,34-35,44,50,53,70H,4-6,13-15,22-24,30,33,36-43,45-49,51-52,54-69H2,1-3H3/b10-7-,11-8-,12-9-,19-16-,20-17-,21-18-,28-25-,29-26-,32-31-,35-34-,44-27-,53-50-. The molecule has 0 aromatic carbocycles. The van der Waals surface area contributed by atoms with Gasteiger partial charge >= 0.3 is 17.9 Å². The monoisotopic (exact) mass is 1090 g/mol. The lowest BCUT2D eigenvalue weighted by Gasteiger charge is -2.18. The summed E-state index contributed by atoms with van der Waals surface area (Å²) >= 11 is 0. The third kappa shape index (κ3) is 64.0. The van der Waals surface area contributed by atoms with E-state index in [9.17, 15) is 14.4 Å². The van der Waals surface area contributed by atoms with Gasteiger partial charge < -0.3 is 14.2 Å². The van der Waals surface area contributed by atoms with Crippen molar-refractivity contribution in [1.82, 2.24) is 0 Å². The summed E-state index contributed by atoms with van der Waals surface area (Å²) in [6.45, 7) is 6.26. The number of rotatable bonds is 57. The van der Waals surface area contributed by atoms with Crippen LogP contribution >= 0.6 is 0 Å². The second-order valence-electron chi connectivity index (χ2n) is 20.9. The van der Waals surface area contributed by atoms with E-state index in [1.54, 1.807) is 0 Å². The third-order valence-corrected chi connectivity index (χ3v) is 13.3. The molecule has 1 unspecified atom stereocenters. The fourth-order valence-electron chi connectivity index (χ4n) is 8.59. The Morgan fingerprint density at radius 2 is 0.456 bits per heavy atom. The van der Waals surface area contributed by atoms with Crippen LogP contribution < -0.4 is 0 Å². The fraction of sp³-hybridized carbons (Fsp3) is 0.630. The van der Waals surface area contributed by atoms with Crippen molar-refractivity contribution in [3.63, 3.8) is 0 Å². The van der Waals surface area contributed by atoms with Gasteiger partial charge in [0.15, 0.2) is 6.10 Å². The zero-order chi connectivity index (χ0) is 57.1. The molecule has 6 heteroatoms. The summed E-state index contributed by atoms with van der Waals surface area (Å²) in [5, 5.41) is 0. The predicted octanol–water partition coefficient (Wildman–Crippen LogP) is 22.3. The molecule has 0 saturated carbocycles. The van der Waals surface area contributed by atoms with E-state index in [4.69, 9.17) is 14.2 Å². The van der Waals surface area contributed by atoms with E-state index in [-0.39, 0.29) is 31.1 Å². The molecular formula is C73H118O6. The van der Waals surface area contributed by atoms with Crippen molar-refractivity contribution in [1.29, 1.82) is 0 Å². The smallest absolute Gasteiger partial charge is 0.306 e. The molecule has 6 nitrogen and oxygen atoms in total. The molecule has 0 saturated heterocycles. The van der Waals surface area contributed by atoms with Gasteiger partial charge in [-0.3, -0.25) is 14.4 Å². The molecule has 0 heterocycles. The Morgan fingerprint density at radius 3 is 0.734 bits per heavy atom. The van der Waals surface area contributed by atoms with Crippen LogP contribution in [0.2, 0.25) is 0 Å². The van der Waals surface area contributed by atoms with Crippen LogP contribution in [-0.2, 0) is 28.6 Å². The molecule has 0 aromatic heterocycles. The van der Waals surface area contributed by atoms with Crippen molar-refractivity contribution in [2.45, 2.75) is 284 Å². The zero-order valence-electron chi connectivity index (χ0n) is 51.1. The Labute approximate surface area is 487 Å². The first-order chi connectivity index (χ1) is 39.0. The molecule has 0 bridgehead atoms. The number of carbonyl (C=O) groups excluding carboxylic acids is 3. The van der Waals surface area contributed by atoms with Crippen molar-refractivity contribution in [3.05, 3.63) is 146 Å². The normalized spacial score (nSPS) is 13.1. The Balaban J connectivity index is 4.34. The van der Waals surface area contributed by atoms with E-state index in [2.05, 4.69) is 167 Å². The number of carbonyl (C=O) groups is 3. The molecule has 446 valence electrons. The predicted molar refractivity (Wildman–Crippen MR) is 343 cm³/mol. The molecule has 79 heavy (non-hydrogen) atoms. The van der Waals surface area contributed by atoms with Gasteiger partial charge in [-0.2, -0.15) is 0 Å². The summed E-state index contributed by atoms with van der Waals surface area (Å²) in [4.78, 5) is 38.3. The molecular weight excluding hydrogens is 973 g/mol. The first-order valence-electron chi connectivity index (χ1n) is 32.3. The van der Waals surface area contributed by atoms with E-state index in [1.165, 1.54) is 96.3 Å². The van der Waals surface area contributed by atoms with E-state index in [0.717, 1.165) is 141 Å². The van der Waals surface area contributed by atoms with Crippen molar-refractivity contribution in [3.8, 4) is 0 Å². The van der Waals surface area contributed by atoms with Crippen LogP contribution in [0.5, 0.6) is 0 Å². The summed E-state index contributed by atoms with van der Waals surface area (Å²) in [5.41, 5.74) is 0. The van der Waals surface area contributed by atoms with E-state index in [0.29, 0.717) is 19.3 Å². The van der Waals surface area contributed by atoms with Crippen LogP contribution in [-0.4, -0.2) is 37.2 Å². The third-order valence-electron chi connectivity index (χ3n) is 13.3. The highest BCUT2D eigenvalue weighted by Crippen LogP contribution is 2.16.